The van der Waals surface area contributed by atoms with Crippen LogP contribution in [0.1, 0.15) is 39.7 Å². The van der Waals surface area contributed by atoms with Crippen LogP contribution in [0, 0.1) is 5.92 Å². The van der Waals surface area contributed by atoms with Crippen LogP contribution in [-0.2, 0) is 6.54 Å². The molecule has 1 aliphatic heterocycles. The molecule has 2 rings (SSSR count). The molecule has 0 radical (unpaired) electrons. The third kappa shape index (κ3) is 2.96. The first-order valence-corrected chi connectivity index (χ1v) is 7.04. The molecule has 1 saturated heterocycles. The number of hydrogen-bond donors (Lipinski definition) is 1. The molecule has 0 bridgehead atoms. The van der Waals surface area contributed by atoms with E-state index in [4.69, 9.17) is 4.42 Å². The van der Waals surface area contributed by atoms with Crippen molar-refractivity contribution in [3.8, 4) is 0 Å². The fourth-order valence-corrected chi connectivity index (χ4v) is 2.79. The van der Waals surface area contributed by atoms with Crippen molar-refractivity contribution in [2.24, 2.45) is 5.92 Å². The molecule has 1 aliphatic rings. The van der Waals surface area contributed by atoms with Gasteiger partial charge in [-0.25, -0.2) is 0 Å². The van der Waals surface area contributed by atoms with Crippen molar-refractivity contribution in [1.29, 1.82) is 0 Å². The zero-order chi connectivity index (χ0) is 13.2. The standard InChI is InChI=1S/C15H26N2O/c1-5-15(4)11-17(9-13-6-7-18-10-13)14(8-16-15)12(2)3/h6-7,10,12,14,16H,5,8-9,11H2,1-4H3. The summed E-state index contributed by atoms with van der Waals surface area (Å²) in [5.41, 5.74) is 1.52. The van der Waals surface area contributed by atoms with Gasteiger partial charge in [0.15, 0.2) is 0 Å². The Kier molecular flexibility index (Phi) is 4.13. The van der Waals surface area contributed by atoms with Gasteiger partial charge in [0.25, 0.3) is 0 Å². The molecular formula is C15H26N2O. The Bertz CT molecular complexity index is 361. The Hall–Kier alpha value is -0.800. The molecule has 2 atom stereocenters. The molecule has 0 amide bonds. The zero-order valence-electron chi connectivity index (χ0n) is 12.1. The molecule has 0 aliphatic carbocycles. The van der Waals surface area contributed by atoms with E-state index < -0.39 is 0 Å². The van der Waals surface area contributed by atoms with Gasteiger partial charge in [0, 0.05) is 36.8 Å². The van der Waals surface area contributed by atoms with E-state index in [9.17, 15) is 0 Å². The topological polar surface area (TPSA) is 28.4 Å². The van der Waals surface area contributed by atoms with E-state index >= 15 is 0 Å². The van der Waals surface area contributed by atoms with Crippen molar-refractivity contribution in [1.82, 2.24) is 10.2 Å². The highest BCUT2D eigenvalue weighted by atomic mass is 16.3. The molecule has 18 heavy (non-hydrogen) atoms. The number of furan rings is 1. The Morgan fingerprint density at radius 3 is 2.89 bits per heavy atom. The summed E-state index contributed by atoms with van der Waals surface area (Å²) in [5.74, 6) is 0.672. The van der Waals surface area contributed by atoms with Crippen LogP contribution < -0.4 is 5.32 Å². The summed E-state index contributed by atoms with van der Waals surface area (Å²) in [4.78, 5) is 2.61. The highest BCUT2D eigenvalue weighted by Crippen LogP contribution is 2.24. The van der Waals surface area contributed by atoms with Crippen LogP contribution in [0.3, 0.4) is 0 Å². The second-order valence-electron chi connectivity index (χ2n) is 6.14. The fraction of sp³-hybridized carbons (Fsp3) is 0.733. The molecule has 0 spiro atoms. The summed E-state index contributed by atoms with van der Waals surface area (Å²) in [6, 6.07) is 2.68. The maximum absolute atomic E-state index is 5.19. The lowest BCUT2D eigenvalue weighted by atomic mass is 9.89. The molecule has 2 unspecified atom stereocenters. The van der Waals surface area contributed by atoms with Gasteiger partial charge in [-0.05, 0) is 25.3 Å². The van der Waals surface area contributed by atoms with Crippen LogP contribution in [0.4, 0.5) is 0 Å². The minimum Gasteiger partial charge on any atom is -0.472 e. The highest BCUT2D eigenvalue weighted by molar-refractivity contribution is 5.07. The number of rotatable bonds is 4. The van der Waals surface area contributed by atoms with Crippen LogP contribution in [-0.4, -0.2) is 29.6 Å². The average Bonchev–Trinajstić information content (AvgIpc) is 2.81. The lowest BCUT2D eigenvalue weighted by Crippen LogP contribution is -2.63. The Labute approximate surface area is 111 Å². The molecule has 1 aromatic rings. The SMILES string of the molecule is CCC1(C)CN(Cc2ccoc2)C(C(C)C)CN1. The van der Waals surface area contributed by atoms with Crippen molar-refractivity contribution >= 4 is 0 Å². The number of nitrogens with one attached hydrogen (secondary N) is 1. The highest BCUT2D eigenvalue weighted by Gasteiger charge is 2.35. The normalized spacial score (nSPS) is 29.9. The maximum Gasteiger partial charge on any atom is 0.0947 e. The maximum atomic E-state index is 5.19. The third-order valence-corrected chi connectivity index (χ3v) is 4.27. The Morgan fingerprint density at radius 1 is 1.56 bits per heavy atom. The van der Waals surface area contributed by atoms with Crippen LogP contribution in [0.25, 0.3) is 0 Å². The summed E-state index contributed by atoms with van der Waals surface area (Å²) in [6.07, 6.45) is 4.79. The van der Waals surface area contributed by atoms with Gasteiger partial charge >= 0.3 is 0 Å². The van der Waals surface area contributed by atoms with E-state index in [2.05, 4.69) is 44.0 Å². The number of hydrogen-bond acceptors (Lipinski definition) is 3. The fourth-order valence-electron chi connectivity index (χ4n) is 2.79. The third-order valence-electron chi connectivity index (χ3n) is 4.27. The first-order chi connectivity index (χ1) is 8.54. The molecule has 2 heterocycles. The molecule has 1 aromatic heterocycles. The van der Waals surface area contributed by atoms with Crippen LogP contribution in [0.2, 0.25) is 0 Å². The second-order valence-corrected chi connectivity index (χ2v) is 6.14. The molecule has 1 fully saturated rings. The van der Waals surface area contributed by atoms with E-state index in [1.165, 1.54) is 12.0 Å². The molecule has 0 aromatic carbocycles. The summed E-state index contributed by atoms with van der Waals surface area (Å²) in [6.45, 7) is 12.4. The first-order valence-electron chi connectivity index (χ1n) is 7.04. The summed E-state index contributed by atoms with van der Waals surface area (Å²) >= 11 is 0. The van der Waals surface area contributed by atoms with Crippen LogP contribution in [0.5, 0.6) is 0 Å². The van der Waals surface area contributed by atoms with E-state index in [0.29, 0.717) is 12.0 Å². The minimum atomic E-state index is 0.245. The van der Waals surface area contributed by atoms with E-state index in [-0.39, 0.29) is 5.54 Å². The largest absolute Gasteiger partial charge is 0.472 e. The van der Waals surface area contributed by atoms with Crippen molar-refractivity contribution < 1.29 is 4.42 Å². The summed E-state index contributed by atoms with van der Waals surface area (Å²) < 4.78 is 5.19. The number of piperazine rings is 1. The predicted octanol–water partition coefficient (Wildman–Crippen LogP) is 2.88. The minimum absolute atomic E-state index is 0.245. The van der Waals surface area contributed by atoms with Gasteiger partial charge in [-0.15, -0.1) is 0 Å². The van der Waals surface area contributed by atoms with E-state index in [1.807, 2.05) is 6.26 Å². The smallest absolute Gasteiger partial charge is 0.0947 e. The van der Waals surface area contributed by atoms with Gasteiger partial charge in [-0.1, -0.05) is 20.8 Å². The van der Waals surface area contributed by atoms with Gasteiger partial charge in [-0.2, -0.15) is 0 Å². The first kappa shape index (κ1) is 13.6. The van der Waals surface area contributed by atoms with Gasteiger partial charge in [-0.3, -0.25) is 4.90 Å². The lowest BCUT2D eigenvalue weighted by molar-refractivity contribution is 0.0538. The Morgan fingerprint density at radius 2 is 2.33 bits per heavy atom. The monoisotopic (exact) mass is 250 g/mol. The molecule has 0 saturated carbocycles. The molecule has 102 valence electrons. The predicted molar refractivity (Wildman–Crippen MR) is 74.4 cm³/mol. The van der Waals surface area contributed by atoms with Crippen molar-refractivity contribution in [2.75, 3.05) is 13.1 Å². The van der Waals surface area contributed by atoms with Crippen molar-refractivity contribution in [3.63, 3.8) is 0 Å². The quantitative estimate of drug-likeness (QED) is 0.890. The summed E-state index contributed by atoms with van der Waals surface area (Å²) in [5, 5.41) is 3.72. The van der Waals surface area contributed by atoms with E-state index in [1.54, 1.807) is 6.26 Å². The van der Waals surface area contributed by atoms with Gasteiger partial charge in [0.2, 0.25) is 0 Å². The molecule has 3 nitrogen and oxygen atoms in total. The molecular weight excluding hydrogens is 224 g/mol. The van der Waals surface area contributed by atoms with Crippen molar-refractivity contribution in [3.05, 3.63) is 24.2 Å². The van der Waals surface area contributed by atoms with E-state index in [0.717, 1.165) is 19.6 Å². The molecule has 1 N–H and O–H groups in total. The van der Waals surface area contributed by atoms with Gasteiger partial charge in [0.05, 0.1) is 12.5 Å². The van der Waals surface area contributed by atoms with Gasteiger partial charge in [0.1, 0.15) is 0 Å². The summed E-state index contributed by atoms with van der Waals surface area (Å²) in [7, 11) is 0. The van der Waals surface area contributed by atoms with Crippen LogP contribution >= 0.6 is 0 Å². The lowest BCUT2D eigenvalue weighted by Gasteiger charge is -2.47. The number of nitrogens with zero attached hydrogens (tertiary/aromatic N) is 1. The van der Waals surface area contributed by atoms with Gasteiger partial charge < -0.3 is 9.73 Å². The Balaban J connectivity index is 2.09. The van der Waals surface area contributed by atoms with Crippen LogP contribution in [0.15, 0.2) is 23.0 Å². The molecule has 3 heteroatoms. The second kappa shape index (κ2) is 5.45. The average molecular weight is 250 g/mol. The zero-order valence-corrected chi connectivity index (χ0v) is 12.1. The van der Waals surface area contributed by atoms with Crippen molar-refractivity contribution in [2.45, 2.75) is 52.2 Å².